The maximum absolute atomic E-state index is 13.1. The van der Waals surface area contributed by atoms with Crippen molar-refractivity contribution in [2.24, 2.45) is 0 Å². The Morgan fingerprint density at radius 2 is 1.72 bits per heavy atom. The standard InChI is InChI=1S/C28H31N5O3/c1-21(23-10-6-3-7-11-23)16-25(34)31-14-12-28(36,13-15-31)19-32-20-29-26-24(27(32)35)17-30-33(26)18-22-8-4-2-5-9-22/h2-11,17,20-21,36H,12-16,18-19H2,1H3/t21-/m1/s1. The van der Waals surface area contributed by atoms with Crippen molar-refractivity contribution in [1.82, 2.24) is 24.2 Å². The zero-order chi connectivity index (χ0) is 25.1. The number of hydrogen-bond donors (Lipinski definition) is 1. The Balaban J connectivity index is 1.22. The molecule has 36 heavy (non-hydrogen) atoms. The molecule has 0 unspecified atom stereocenters. The normalized spacial score (nSPS) is 16.2. The Kier molecular flexibility index (Phi) is 6.69. The number of amides is 1. The molecule has 8 heteroatoms. The van der Waals surface area contributed by atoms with Crippen LogP contribution in [0.2, 0.25) is 0 Å². The first kappa shape index (κ1) is 23.9. The Hall–Kier alpha value is -3.78. The van der Waals surface area contributed by atoms with Crippen molar-refractivity contribution in [3.63, 3.8) is 0 Å². The molecule has 0 saturated carbocycles. The van der Waals surface area contributed by atoms with Crippen LogP contribution in [0.15, 0.2) is 78.0 Å². The van der Waals surface area contributed by atoms with Gasteiger partial charge in [-0.05, 0) is 29.9 Å². The minimum atomic E-state index is -1.07. The molecule has 0 bridgehead atoms. The summed E-state index contributed by atoms with van der Waals surface area (Å²) in [5, 5.41) is 16.0. The van der Waals surface area contributed by atoms with Crippen LogP contribution in [0, 0.1) is 0 Å². The topological polar surface area (TPSA) is 93.2 Å². The molecule has 2 aromatic heterocycles. The largest absolute Gasteiger partial charge is 0.388 e. The zero-order valence-electron chi connectivity index (χ0n) is 20.5. The summed E-state index contributed by atoms with van der Waals surface area (Å²) in [5.41, 5.74) is 1.46. The number of benzene rings is 2. The lowest BCUT2D eigenvalue weighted by atomic mass is 9.90. The summed E-state index contributed by atoms with van der Waals surface area (Å²) in [6, 6.07) is 19.9. The molecule has 2 aromatic carbocycles. The number of aliphatic hydroxyl groups is 1. The maximum Gasteiger partial charge on any atom is 0.264 e. The van der Waals surface area contributed by atoms with Crippen LogP contribution in [0.1, 0.15) is 43.2 Å². The second-order valence-electron chi connectivity index (χ2n) is 9.82. The quantitative estimate of drug-likeness (QED) is 0.434. The van der Waals surface area contributed by atoms with E-state index in [1.807, 2.05) is 65.6 Å². The van der Waals surface area contributed by atoms with Gasteiger partial charge in [0.1, 0.15) is 11.7 Å². The highest BCUT2D eigenvalue weighted by molar-refractivity contribution is 5.77. The third-order valence-electron chi connectivity index (χ3n) is 7.16. The van der Waals surface area contributed by atoms with Gasteiger partial charge in [0.25, 0.3) is 5.56 Å². The highest BCUT2D eigenvalue weighted by Crippen LogP contribution is 2.26. The van der Waals surface area contributed by atoms with Gasteiger partial charge in [0.05, 0.1) is 24.9 Å². The van der Waals surface area contributed by atoms with Crippen molar-refractivity contribution in [2.75, 3.05) is 13.1 Å². The van der Waals surface area contributed by atoms with Crippen molar-refractivity contribution in [2.45, 2.75) is 50.8 Å². The number of likely N-dealkylation sites (tertiary alicyclic amines) is 1. The van der Waals surface area contributed by atoms with Gasteiger partial charge in [0.2, 0.25) is 5.91 Å². The van der Waals surface area contributed by atoms with E-state index in [-0.39, 0.29) is 23.9 Å². The van der Waals surface area contributed by atoms with Gasteiger partial charge in [0, 0.05) is 19.5 Å². The maximum atomic E-state index is 13.1. The summed E-state index contributed by atoms with van der Waals surface area (Å²) < 4.78 is 3.18. The van der Waals surface area contributed by atoms with Crippen LogP contribution in [0.5, 0.6) is 0 Å². The van der Waals surface area contributed by atoms with Crippen molar-refractivity contribution >= 4 is 16.9 Å². The summed E-state index contributed by atoms with van der Waals surface area (Å²) in [6.45, 7) is 3.66. The van der Waals surface area contributed by atoms with Crippen LogP contribution >= 0.6 is 0 Å². The number of hydrogen-bond acceptors (Lipinski definition) is 5. The fraction of sp³-hybridized carbons (Fsp3) is 0.357. The molecule has 1 aliphatic rings. The molecule has 1 N–H and O–H groups in total. The van der Waals surface area contributed by atoms with Crippen molar-refractivity contribution < 1.29 is 9.90 Å². The van der Waals surface area contributed by atoms with E-state index in [0.29, 0.717) is 49.9 Å². The summed E-state index contributed by atoms with van der Waals surface area (Å²) in [7, 11) is 0. The first-order chi connectivity index (χ1) is 17.4. The molecule has 4 aromatic rings. The molecular formula is C28H31N5O3. The second kappa shape index (κ2) is 10.1. The number of aromatic nitrogens is 4. The van der Waals surface area contributed by atoms with E-state index >= 15 is 0 Å². The van der Waals surface area contributed by atoms with Gasteiger partial charge in [-0.2, -0.15) is 5.10 Å². The highest BCUT2D eigenvalue weighted by Gasteiger charge is 2.35. The van der Waals surface area contributed by atoms with Crippen LogP contribution in [0.3, 0.4) is 0 Å². The third-order valence-corrected chi connectivity index (χ3v) is 7.16. The van der Waals surface area contributed by atoms with E-state index < -0.39 is 5.60 Å². The SMILES string of the molecule is C[C@H](CC(=O)N1CCC(O)(Cn2cnc3c(cnn3Cc3ccccc3)c2=O)CC1)c1ccccc1. The first-order valence-corrected chi connectivity index (χ1v) is 12.4. The smallest absolute Gasteiger partial charge is 0.264 e. The van der Waals surface area contributed by atoms with Crippen molar-refractivity contribution in [3.05, 3.63) is 94.7 Å². The summed E-state index contributed by atoms with van der Waals surface area (Å²) in [4.78, 5) is 32.3. The van der Waals surface area contributed by atoms with Crippen LogP contribution in [-0.4, -0.2) is 53.9 Å². The van der Waals surface area contributed by atoms with E-state index in [0.717, 1.165) is 11.1 Å². The Labute approximate surface area is 209 Å². The highest BCUT2D eigenvalue weighted by atomic mass is 16.3. The molecule has 1 aliphatic heterocycles. The minimum Gasteiger partial charge on any atom is -0.388 e. The van der Waals surface area contributed by atoms with Gasteiger partial charge < -0.3 is 10.0 Å². The lowest BCUT2D eigenvalue weighted by molar-refractivity contribution is -0.136. The lowest BCUT2D eigenvalue weighted by Crippen LogP contribution is -2.49. The summed E-state index contributed by atoms with van der Waals surface area (Å²) in [5.74, 6) is 0.234. The average molecular weight is 486 g/mol. The van der Waals surface area contributed by atoms with Gasteiger partial charge >= 0.3 is 0 Å². The molecule has 186 valence electrons. The van der Waals surface area contributed by atoms with Crippen LogP contribution in [0.25, 0.3) is 11.0 Å². The van der Waals surface area contributed by atoms with Crippen LogP contribution in [-0.2, 0) is 17.9 Å². The van der Waals surface area contributed by atoms with E-state index in [4.69, 9.17) is 0 Å². The minimum absolute atomic E-state index is 0.0967. The van der Waals surface area contributed by atoms with Crippen molar-refractivity contribution in [3.8, 4) is 0 Å². The number of piperidine rings is 1. The zero-order valence-corrected chi connectivity index (χ0v) is 20.5. The fourth-order valence-corrected chi connectivity index (χ4v) is 4.92. The average Bonchev–Trinajstić information content (AvgIpc) is 3.30. The lowest BCUT2D eigenvalue weighted by Gasteiger charge is -2.38. The molecular weight excluding hydrogens is 454 g/mol. The van der Waals surface area contributed by atoms with Gasteiger partial charge in [-0.25, -0.2) is 9.67 Å². The number of fused-ring (bicyclic) bond motifs is 1. The molecule has 1 atom stereocenters. The van der Waals surface area contributed by atoms with Gasteiger partial charge in [-0.1, -0.05) is 67.6 Å². The third kappa shape index (κ3) is 5.09. The Morgan fingerprint density at radius 3 is 2.42 bits per heavy atom. The molecule has 0 aliphatic carbocycles. The monoisotopic (exact) mass is 485 g/mol. The summed E-state index contributed by atoms with van der Waals surface area (Å²) >= 11 is 0. The second-order valence-corrected chi connectivity index (χ2v) is 9.82. The molecule has 8 nitrogen and oxygen atoms in total. The molecule has 3 heterocycles. The van der Waals surface area contributed by atoms with E-state index in [9.17, 15) is 14.7 Å². The number of rotatable bonds is 7. The Bertz CT molecular complexity index is 1390. The van der Waals surface area contributed by atoms with Crippen LogP contribution < -0.4 is 5.56 Å². The predicted octanol–water partition coefficient (Wildman–Crippen LogP) is 3.19. The molecule has 1 saturated heterocycles. The first-order valence-electron chi connectivity index (χ1n) is 12.4. The number of carbonyl (C=O) groups excluding carboxylic acids is 1. The summed E-state index contributed by atoms with van der Waals surface area (Å²) in [6.07, 6.45) is 4.30. The molecule has 0 radical (unpaired) electrons. The van der Waals surface area contributed by atoms with Gasteiger partial charge in [-0.15, -0.1) is 0 Å². The van der Waals surface area contributed by atoms with Crippen molar-refractivity contribution in [1.29, 1.82) is 0 Å². The van der Waals surface area contributed by atoms with Gasteiger partial charge in [0.15, 0.2) is 5.65 Å². The number of nitrogens with zero attached hydrogens (tertiary/aromatic N) is 5. The van der Waals surface area contributed by atoms with Gasteiger partial charge in [-0.3, -0.25) is 14.2 Å². The molecule has 1 fully saturated rings. The molecule has 0 spiro atoms. The van der Waals surface area contributed by atoms with E-state index in [2.05, 4.69) is 17.0 Å². The van der Waals surface area contributed by atoms with Crippen LogP contribution in [0.4, 0.5) is 0 Å². The number of carbonyl (C=O) groups is 1. The Morgan fingerprint density at radius 1 is 1.06 bits per heavy atom. The fourth-order valence-electron chi connectivity index (χ4n) is 4.92. The predicted molar refractivity (Wildman–Crippen MR) is 138 cm³/mol. The van der Waals surface area contributed by atoms with E-state index in [1.54, 1.807) is 10.9 Å². The van der Waals surface area contributed by atoms with E-state index in [1.165, 1.54) is 10.9 Å². The molecule has 5 rings (SSSR count). The molecule has 1 amide bonds.